The first-order valence-corrected chi connectivity index (χ1v) is 5.38. The van der Waals surface area contributed by atoms with Crippen molar-refractivity contribution in [2.75, 3.05) is 7.11 Å². The summed E-state index contributed by atoms with van der Waals surface area (Å²) >= 11 is 0. The van der Waals surface area contributed by atoms with Gasteiger partial charge in [0.15, 0.2) is 0 Å². The van der Waals surface area contributed by atoms with Gasteiger partial charge in [0, 0.05) is 12.3 Å². The van der Waals surface area contributed by atoms with Crippen molar-refractivity contribution in [3.8, 4) is 5.88 Å². The molecule has 0 saturated carbocycles. The fourth-order valence-corrected chi connectivity index (χ4v) is 1.68. The molecular formula is C12H17NO4. The van der Waals surface area contributed by atoms with Crippen LogP contribution in [0.1, 0.15) is 25.5 Å². The smallest absolute Gasteiger partial charge is 0.309 e. The molecule has 0 aliphatic carbocycles. The SMILES string of the molecule is COc1ccc(C(O)C(C(=O)O)C(C)C)cn1. The average molecular weight is 239 g/mol. The predicted octanol–water partition coefficient (Wildman–Crippen LogP) is 1.48. The molecule has 0 bridgehead atoms. The van der Waals surface area contributed by atoms with Gasteiger partial charge in [0.2, 0.25) is 5.88 Å². The van der Waals surface area contributed by atoms with Gasteiger partial charge < -0.3 is 14.9 Å². The maximum absolute atomic E-state index is 11.1. The van der Waals surface area contributed by atoms with Gasteiger partial charge in [-0.1, -0.05) is 13.8 Å². The molecule has 17 heavy (non-hydrogen) atoms. The average Bonchev–Trinajstić information content (AvgIpc) is 2.28. The summed E-state index contributed by atoms with van der Waals surface area (Å²) in [6, 6.07) is 3.21. The van der Waals surface area contributed by atoms with E-state index < -0.39 is 18.0 Å². The second-order valence-electron chi connectivity index (χ2n) is 4.19. The number of aromatic nitrogens is 1. The molecule has 2 N–H and O–H groups in total. The van der Waals surface area contributed by atoms with E-state index in [1.54, 1.807) is 26.0 Å². The highest BCUT2D eigenvalue weighted by atomic mass is 16.5. The number of ether oxygens (including phenoxy) is 1. The fourth-order valence-electron chi connectivity index (χ4n) is 1.68. The Morgan fingerprint density at radius 3 is 2.41 bits per heavy atom. The second kappa shape index (κ2) is 5.63. The highest BCUT2D eigenvalue weighted by molar-refractivity contribution is 5.71. The van der Waals surface area contributed by atoms with Crippen LogP contribution in [0.25, 0.3) is 0 Å². The van der Waals surface area contributed by atoms with Crippen LogP contribution in [0.2, 0.25) is 0 Å². The molecule has 1 aromatic rings. The quantitative estimate of drug-likeness (QED) is 0.813. The third-order valence-corrected chi connectivity index (χ3v) is 2.65. The molecule has 5 nitrogen and oxygen atoms in total. The van der Waals surface area contributed by atoms with E-state index in [-0.39, 0.29) is 5.92 Å². The van der Waals surface area contributed by atoms with Gasteiger partial charge in [0.1, 0.15) is 0 Å². The Balaban J connectivity index is 2.93. The van der Waals surface area contributed by atoms with Crippen LogP contribution in [0.5, 0.6) is 5.88 Å². The molecule has 94 valence electrons. The van der Waals surface area contributed by atoms with Gasteiger partial charge in [0.05, 0.1) is 19.1 Å². The Hall–Kier alpha value is -1.62. The lowest BCUT2D eigenvalue weighted by molar-refractivity contribution is -0.148. The lowest BCUT2D eigenvalue weighted by Gasteiger charge is -2.22. The summed E-state index contributed by atoms with van der Waals surface area (Å²) in [6.07, 6.45) is 0.368. The molecule has 5 heteroatoms. The predicted molar refractivity (Wildman–Crippen MR) is 61.7 cm³/mol. The minimum absolute atomic E-state index is 0.162. The normalized spacial score (nSPS) is 14.4. The number of aliphatic hydroxyl groups is 1. The minimum atomic E-state index is -1.06. The van der Waals surface area contributed by atoms with Gasteiger partial charge in [-0.25, -0.2) is 4.98 Å². The van der Waals surface area contributed by atoms with Crippen LogP contribution in [-0.2, 0) is 4.79 Å². The van der Waals surface area contributed by atoms with Gasteiger partial charge >= 0.3 is 5.97 Å². The molecule has 1 heterocycles. The van der Waals surface area contributed by atoms with E-state index >= 15 is 0 Å². The maximum atomic E-state index is 11.1. The van der Waals surface area contributed by atoms with E-state index in [4.69, 9.17) is 9.84 Å². The minimum Gasteiger partial charge on any atom is -0.481 e. The summed E-state index contributed by atoms with van der Waals surface area (Å²) in [7, 11) is 1.49. The number of hydrogen-bond acceptors (Lipinski definition) is 4. The van der Waals surface area contributed by atoms with Crippen LogP contribution in [0, 0.1) is 11.8 Å². The van der Waals surface area contributed by atoms with Gasteiger partial charge in [-0.15, -0.1) is 0 Å². The topological polar surface area (TPSA) is 79.7 Å². The second-order valence-corrected chi connectivity index (χ2v) is 4.19. The Morgan fingerprint density at radius 1 is 1.41 bits per heavy atom. The van der Waals surface area contributed by atoms with Gasteiger partial charge in [-0.3, -0.25) is 4.79 Å². The molecule has 0 saturated heterocycles. The largest absolute Gasteiger partial charge is 0.481 e. The lowest BCUT2D eigenvalue weighted by atomic mass is 9.87. The number of nitrogens with zero attached hydrogens (tertiary/aromatic N) is 1. The molecule has 1 rings (SSSR count). The monoisotopic (exact) mass is 239 g/mol. The molecule has 0 fully saturated rings. The van der Waals surface area contributed by atoms with E-state index in [0.29, 0.717) is 11.4 Å². The fraction of sp³-hybridized carbons (Fsp3) is 0.500. The van der Waals surface area contributed by atoms with E-state index in [1.165, 1.54) is 13.3 Å². The lowest BCUT2D eigenvalue weighted by Crippen LogP contribution is -2.27. The van der Waals surface area contributed by atoms with Crippen molar-refractivity contribution in [1.29, 1.82) is 0 Å². The Morgan fingerprint density at radius 2 is 2.06 bits per heavy atom. The van der Waals surface area contributed by atoms with E-state index in [1.807, 2.05) is 0 Å². The summed E-state index contributed by atoms with van der Waals surface area (Å²) in [5, 5.41) is 19.1. The maximum Gasteiger partial charge on any atom is 0.309 e. The number of hydrogen-bond donors (Lipinski definition) is 2. The molecule has 2 atom stereocenters. The molecule has 2 unspecified atom stereocenters. The number of pyridine rings is 1. The summed E-state index contributed by atoms with van der Waals surface area (Å²) < 4.78 is 4.90. The summed E-state index contributed by atoms with van der Waals surface area (Å²) in [4.78, 5) is 15.0. The molecule has 0 spiro atoms. The molecule has 0 amide bonds. The van der Waals surface area contributed by atoms with Crippen LogP contribution in [0.15, 0.2) is 18.3 Å². The molecule has 0 aromatic carbocycles. The first kappa shape index (κ1) is 13.4. The van der Waals surface area contributed by atoms with Crippen molar-refractivity contribution < 1.29 is 19.7 Å². The van der Waals surface area contributed by atoms with E-state index in [0.717, 1.165) is 0 Å². The number of aliphatic carboxylic acids is 1. The molecular weight excluding hydrogens is 222 g/mol. The van der Waals surface area contributed by atoms with Crippen molar-refractivity contribution >= 4 is 5.97 Å². The van der Waals surface area contributed by atoms with Crippen molar-refractivity contribution in [1.82, 2.24) is 4.98 Å². The van der Waals surface area contributed by atoms with E-state index in [2.05, 4.69) is 4.98 Å². The Labute approximate surface area is 100 Å². The summed E-state index contributed by atoms with van der Waals surface area (Å²) in [5.74, 6) is -1.59. The van der Waals surface area contributed by atoms with Crippen LogP contribution < -0.4 is 4.74 Å². The van der Waals surface area contributed by atoms with E-state index in [9.17, 15) is 9.90 Å². The zero-order valence-electron chi connectivity index (χ0n) is 10.1. The van der Waals surface area contributed by atoms with Crippen molar-refractivity contribution in [3.63, 3.8) is 0 Å². The number of methoxy groups -OCH3 is 1. The Bertz CT molecular complexity index is 375. The van der Waals surface area contributed by atoms with Crippen LogP contribution in [-0.4, -0.2) is 28.3 Å². The van der Waals surface area contributed by atoms with Gasteiger partial charge in [0.25, 0.3) is 0 Å². The third-order valence-electron chi connectivity index (χ3n) is 2.65. The number of aliphatic hydroxyl groups excluding tert-OH is 1. The zero-order chi connectivity index (χ0) is 13.0. The highest BCUT2D eigenvalue weighted by Crippen LogP contribution is 2.28. The number of carbonyl (C=O) groups is 1. The molecule has 0 radical (unpaired) electrons. The highest BCUT2D eigenvalue weighted by Gasteiger charge is 2.30. The zero-order valence-corrected chi connectivity index (χ0v) is 10.1. The Kier molecular flexibility index (Phi) is 4.45. The first-order chi connectivity index (χ1) is 7.97. The van der Waals surface area contributed by atoms with Gasteiger partial charge in [-0.05, 0) is 17.5 Å². The van der Waals surface area contributed by atoms with Crippen LogP contribution >= 0.6 is 0 Å². The van der Waals surface area contributed by atoms with Crippen LogP contribution in [0.4, 0.5) is 0 Å². The van der Waals surface area contributed by atoms with Crippen molar-refractivity contribution in [3.05, 3.63) is 23.9 Å². The van der Waals surface area contributed by atoms with Crippen LogP contribution in [0.3, 0.4) is 0 Å². The summed E-state index contributed by atoms with van der Waals surface area (Å²) in [5.41, 5.74) is 0.479. The number of carboxylic acids is 1. The molecule has 1 aromatic heterocycles. The third kappa shape index (κ3) is 3.17. The first-order valence-electron chi connectivity index (χ1n) is 5.38. The standard InChI is InChI=1S/C12H17NO4/c1-7(2)10(12(15)16)11(14)8-4-5-9(17-3)13-6-8/h4-7,10-11,14H,1-3H3,(H,15,16). The number of carboxylic acid groups (broad SMARTS) is 1. The van der Waals surface area contributed by atoms with Crippen molar-refractivity contribution in [2.45, 2.75) is 20.0 Å². The molecule has 0 aliphatic heterocycles. The molecule has 0 aliphatic rings. The van der Waals surface area contributed by atoms with Gasteiger partial charge in [-0.2, -0.15) is 0 Å². The summed E-state index contributed by atoms with van der Waals surface area (Å²) in [6.45, 7) is 3.53. The number of rotatable bonds is 5. The van der Waals surface area contributed by atoms with Crippen molar-refractivity contribution in [2.24, 2.45) is 11.8 Å².